The summed E-state index contributed by atoms with van der Waals surface area (Å²) in [4.78, 5) is 34.8. The Hall–Kier alpha value is -3.36. The van der Waals surface area contributed by atoms with Gasteiger partial charge in [0.2, 0.25) is 11.8 Å². The van der Waals surface area contributed by atoms with Crippen LogP contribution in [0.2, 0.25) is 0 Å². The first kappa shape index (κ1) is 25.7. The van der Waals surface area contributed by atoms with Crippen molar-refractivity contribution in [2.24, 2.45) is 0 Å². The van der Waals surface area contributed by atoms with Crippen LogP contribution in [0.25, 0.3) is 11.0 Å². The molecule has 0 fully saturated rings. The largest absolute Gasteiger partial charge is 0.349 e. The number of nitrogens with one attached hydrogen (secondary N) is 2. The molecule has 3 aromatic carbocycles. The van der Waals surface area contributed by atoms with Gasteiger partial charge in [0.25, 0.3) is 0 Å². The Morgan fingerprint density at radius 3 is 1.39 bits per heavy atom. The van der Waals surface area contributed by atoms with E-state index in [1.54, 1.807) is 0 Å². The van der Waals surface area contributed by atoms with Crippen LogP contribution in [-0.4, -0.2) is 33.3 Å². The molecule has 1 heterocycles. The Morgan fingerprint density at radius 2 is 1.00 bits per heavy atom. The lowest BCUT2D eigenvalue weighted by molar-refractivity contribution is -0.120. The Balaban J connectivity index is 1.40. The molecule has 8 heteroatoms. The zero-order chi connectivity index (χ0) is 25.3. The van der Waals surface area contributed by atoms with Crippen LogP contribution in [0, 0.1) is 0 Å². The number of benzene rings is 3. The van der Waals surface area contributed by atoms with E-state index in [1.807, 2.05) is 98.8 Å². The van der Waals surface area contributed by atoms with Crippen LogP contribution in [0.3, 0.4) is 0 Å². The highest BCUT2D eigenvalue weighted by Gasteiger charge is 2.16. The van der Waals surface area contributed by atoms with E-state index >= 15 is 0 Å². The molecule has 2 N–H and O–H groups in total. The summed E-state index contributed by atoms with van der Waals surface area (Å²) in [5, 5.41) is 7.35. The predicted molar refractivity (Wildman–Crippen MR) is 147 cm³/mol. The molecule has 4 rings (SSSR count). The van der Waals surface area contributed by atoms with Crippen molar-refractivity contribution in [3.05, 3.63) is 96.1 Å². The fourth-order valence-electron chi connectivity index (χ4n) is 3.64. The normalized spacial score (nSPS) is 12.6. The molecule has 2 unspecified atom stereocenters. The number of thioether (sulfide) groups is 2. The lowest BCUT2D eigenvalue weighted by Crippen LogP contribution is -2.28. The van der Waals surface area contributed by atoms with Crippen LogP contribution in [0.4, 0.5) is 0 Å². The summed E-state index contributed by atoms with van der Waals surface area (Å²) in [7, 11) is 0. The standard InChI is InChI=1S/C28H28N4O2S2/c1-19(21-11-5-3-6-12-21)29-25(33)17-35-27-28(32-24-16-10-9-15-23(24)31-27)36-18-26(34)30-20(2)22-13-7-4-8-14-22/h3-16,19-20H,17-18H2,1-2H3,(H,29,33)(H,30,34). The van der Waals surface area contributed by atoms with E-state index in [9.17, 15) is 9.59 Å². The van der Waals surface area contributed by atoms with Crippen molar-refractivity contribution < 1.29 is 9.59 Å². The van der Waals surface area contributed by atoms with Crippen molar-refractivity contribution in [2.45, 2.75) is 36.0 Å². The van der Waals surface area contributed by atoms with Crippen LogP contribution in [0.1, 0.15) is 37.1 Å². The van der Waals surface area contributed by atoms with E-state index < -0.39 is 0 Å². The number of hydrogen-bond acceptors (Lipinski definition) is 6. The van der Waals surface area contributed by atoms with Gasteiger partial charge < -0.3 is 10.6 Å². The number of para-hydroxylation sites is 2. The van der Waals surface area contributed by atoms with E-state index in [2.05, 4.69) is 10.6 Å². The summed E-state index contributed by atoms with van der Waals surface area (Å²) in [6, 6.07) is 27.1. The molecule has 0 aliphatic rings. The van der Waals surface area contributed by atoms with Gasteiger partial charge in [-0.3, -0.25) is 9.59 Å². The van der Waals surface area contributed by atoms with Crippen LogP contribution in [0.5, 0.6) is 0 Å². The van der Waals surface area contributed by atoms with E-state index in [-0.39, 0.29) is 35.4 Å². The van der Waals surface area contributed by atoms with Gasteiger partial charge in [-0.25, -0.2) is 9.97 Å². The van der Waals surface area contributed by atoms with Crippen molar-refractivity contribution in [3.8, 4) is 0 Å². The number of aromatic nitrogens is 2. The summed E-state index contributed by atoms with van der Waals surface area (Å²) >= 11 is 2.66. The Bertz CT molecular complexity index is 1220. The monoisotopic (exact) mass is 516 g/mol. The first-order valence-corrected chi connectivity index (χ1v) is 13.7. The molecule has 2 atom stereocenters. The van der Waals surface area contributed by atoms with Gasteiger partial charge >= 0.3 is 0 Å². The highest BCUT2D eigenvalue weighted by Crippen LogP contribution is 2.30. The molecule has 0 radical (unpaired) electrons. The average Bonchev–Trinajstić information content (AvgIpc) is 2.91. The zero-order valence-electron chi connectivity index (χ0n) is 20.2. The first-order chi connectivity index (χ1) is 17.5. The molecular formula is C28H28N4O2S2. The van der Waals surface area contributed by atoms with Crippen molar-refractivity contribution in [1.29, 1.82) is 0 Å². The molecule has 1 aromatic heterocycles. The maximum absolute atomic E-state index is 12.6. The number of rotatable bonds is 10. The smallest absolute Gasteiger partial charge is 0.230 e. The topological polar surface area (TPSA) is 84.0 Å². The lowest BCUT2D eigenvalue weighted by Gasteiger charge is -2.15. The summed E-state index contributed by atoms with van der Waals surface area (Å²) < 4.78 is 0. The quantitative estimate of drug-likeness (QED) is 0.268. The van der Waals surface area contributed by atoms with E-state index in [4.69, 9.17) is 9.97 Å². The van der Waals surface area contributed by atoms with E-state index in [1.165, 1.54) is 23.5 Å². The van der Waals surface area contributed by atoms with Gasteiger partial charge in [0.15, 0.2) is 0 Å². The third-order valence-corrected chi connectivity index (χ3v) is 7.60. The molecule has 0 spiro atoms. The zero-order valence-corrected chi connectivity index (χ0v) is 21.8. The van der Waals surface area contributed by atoms with E-state index in [0.29, 0.717) is 10.1 Å². The molecule has 0 aliphatic carbocycles. The molecule has 0 saturated heterocycles. The van der Waals surface area contributed by atoms with Gasteiger partial charge in [-0.1, -0.05) is 96.3 Å². The predicted octanol–water partition coefficient (Wildman–Crippen LogP) is 5.57. The maximum Gasteiger partial charge on any atom is 0.230 e. The Kier molecular flexibility index (Phi) is 8.97. The summed E-state index contributed by atoms with van der Waals surface area (Å²) in [6.07, 6.45) is 0. The molecule has 0 aliphatic heterocycles. The van der Waals surface area contributed by atoms with Gasteiger partial charge in [0, 0.05) is 0 Å². The minimum absolute atomic E-state index is 0.0864. The fraction of sp³-hybridized carbons (Fsp3) is 0.214. The number of hydrogen-bond donors (Lipinski definition) is 2. The summed E-state index contributed by atoms with van der Waals surface area (Å²) in [5.41, 5.74) is 3.61. The van der Waals surface area contributed by atoms with Crippen molar-refractivity contribution in [2.75, 3.05) is 11.5 Å². The lowest BCUT2D eigenvalue weighted by atomic mass is 10.1. The number of carbonyl (C=O) groups excluding carboxylic acids is 2. The fourth-order valence-corrected chi connectivity index (χ4v) is 5.36. The SMILES string of the molecule is CC(NC(=O)CSc1nc2ccccc2nc1SCC(=O)NC(C)c1ccccc1)c1ccccc1. The van der Waals surface area contributed by atoms with E-state index in [0.717, 1.165) is 22.2 Å². The molecule has 0 bridgehead atoms. The Morgan fingerprint density at radius 1 is 0.639 bits per heavy atom. The molecule has 6 nitrogen and oxygen atoms in total. The highest BCUT2D eigenvalue weighted by atomic mass is 32.2. The van der Waals surface area contributed by atoms with Gasteiger partial charge in [-0.05, 0) is 37.1 Å². The van der Waals surface area contributed by atoms with Gasteiger partial charge in [-0.2, -0.15) is 0 Å². The number of nitrogens with zero attached hydrogens (tertiary/aromatic N) is 2. The molecule has 36 heavy (non-hydrogen) atoms. The van der Waals surface area contributed by atoms with Gasteiger partial charge in [0.05, 0.1) is 34.6 Å². The van der Waals surface area contributed by atoms with Crippen molar-refractivity contribution >= 4 is 46.4 Å². The van der Waals surface area contributed by atoms with Gasteiger partial charge in [0.1, 0.15) is 10.1 Å². The minimum Gasteiger partial charge on any atom is -0.349 e. The van der Waals surface area contributed by atoms with Crippen LogP contribution in [0.15, 0.2) is 95.0 Å². The average molecular weight is 517 g/mol. The van der Waals surface area contributed by atoms with Crippen LogP contribution >= 0.6 is 23.5 Å². The minimum atomic E-state index is -0.0915. The second-order valence-corrected chi connectivity index (χ2v) is 10.2. The molecule has 184 valence electrons. The van der Waals surface area contributed by atoms with Crippen molar-refractivity contribution in [1.82, 2.24) is 20.6 Å². The van der Waals surface area contributed by atoms with Crippen molar-refractivity contribution in [3.63, 3.8) is 0 Å². The first-order valence-electron chi connectivity index (χ1n) is 11.7. The summed E-state index contributed by atoms with van der Waals surface area (Å²) in [6.45, 7) is 3.92. The van der Waals surface area contributed by atoms with Crippen LogP contribution < -0.4 is 10.6 Å². The van der Waals surface area contributed by atoms with Gasteiger partial charge in [-0.15, -0.1) is 0 Å². The third-order valence-electron chi connectivity index (χ3n) is 5.54. The molecule has 4 aromatic rings. The second-order valence-electron chi connectivity index (χ2n) is 8.30. The number of carbonyl (C=O) groups is 2. The van der Waals surface area contributed by atoms with Crippen LogP contribution in [-0.2, 0) is 9.59 Å². The maximum atomic E-state index is 12.6. The summed E-state index contributed by atoms with van der Waals surface area (Å²) in [5.74, 6) is 0.234. The second kappa shape index (κ2) is 12.6. The molecular weight excluding hydrogens is 488 g/mol. The molecule has 2 amide bonds. The third kappa shape index (κ3) is 7.08. The Labute approximate surface area is 219 Å². The highest BCUT2D eigenvalue weighted by molar-refractivity contribution is 8.02. The number of fused-ring (bicyclic) bond motifs is 1. The number of amides is 2. The molecule has 0 saturated carbocycles.